The molecule has 5 rings (SSSR count). The van der Waals surface area contributed by atoms with Crippen molar-refractivity contribution in [1.82, 2.24) is 15.0 Å². The lowest BCUT2D eigenvalue weighted by molar-refractivity contribution is -0.128. The van der Waals surface area contributed by atoms with Crippen molar-refractivity contribution in [1.29, 1.82) is 5.26 Å². The number of benzene rings is 2. The summed E-state index contributed by atoms with van der Waals surface area (Å²) in [6.07, 6.45) is 1.14. The summed E-state index contributed by atoms with van der Waals surface area (Å²) in [5, 5.41) is 16.7. The van der Waals surface area contributed by atoms with E-state index in [9.17, 15) is 15.0 Å². The Balaban J connectivity index is 1.46. The highest BCUT2D eigenvalue weighted by molar-refractivity contribution is 5.81. The Morgan fingerprint density at radius 1 is 1.29 bits per heavy atom. The average molecular weight is 457 g/mol. The lowest BCUT2D eigenvalue weighted by Gasteiger charge is -2.24. The number of nitroso groups, excluding NO2 is 1. The van der Waals surface area contributed by atoms with Gasteiger partial charge in [-0.05, 0) is 55.5 Å². The minimum atomic E-state index is -0.0535. The van der Waals surface area contributed by atoms with Crippen LogP contribution in [0.5, 0.6) is 5.75 Å². The second-order valence-electron chi connectivity index (χ2n) is 8.84. The van der Waals surface area contributed by atoms with Crippen molar-refractivity contribution in [3.8, 4) is 34.7 Å². The molecule has 1 aromatic heterocycles. The lowest BCUT2D eigenvalue weighted by Crippen LogP contribution is -2.30. The van der Waals surface area contributed by atoms with E-state index in [0.29, 0.717) is 41.6 Å². The van der Waals surface area contributed by atoms with Crippen LogP contribution in [-0.2, 0) is 11.2 Å². The Kier molecular flexibility index (Phi) is 5.57. The van der Waals surface area contributed by atoms with Gasteiger partial charge < -0.3 is 14.2 Å². The lowest BCUT2D eigenvalue weighted by atomic mass is 10.0. The number of hydrogen-bond donors (Lipinski definition) is 0. The molecule has 1 saturated heterocycles. The van der Waals surface area contributed by atoms with Crippen LogP contribution in [0.3, 0.4) is 0 Å². The summed E-state index contributed by atoms with van der Waals surface area (Å²) in [7, 11) is 0. The number of carbonyl (C=O) groups is 1. The van der Waals surface area contributed by atoms with Gasteiger partial charge in [0.15, 0.2) is 0 Å². The number of nitriles is 1. The van der Waals surface area contributed by atoms with Crippen molar-refractivity contribution in [2.45, 2.75) is 38.8 Å². The highest BCUT2D eigenvalue weighted by Gasteiger charge is 2.46. The average Bonchev–Trinajstić information content (AvgIpc) is 3.51. The predicted molar refractivity (Wildman–Crippen MR) is 123 cm³/mol. The number of likely N-dealkylation sites (tertiary alicyclic amines) is 1. The van der Waals surface area contributed by atoms with E-state index in [1.807, 2.05) is 32.0 Å². The van der Waals surface area contributed by atoms with Gasteiger partial charge in [-0.1, -0.05) is 28.5 Å². The van der Waals surface area contributed by atoms with Gasteiger partial charge in [-0.2, -0.15) is 15.2 Å². The van der Waals surface area contributed by atoms with E-state index in [1.54, 1.807) is 23.1 Å². The van der Waals surface area contributed by atoms with Gasteiger partial charge in [-0.15, -0.1) is 0 Å². The first-order valence-electron chi connectivity index (χ1n) is 11.3. The highest BCUT2D eigenvalue weighted by atomic mass is 16.5. The van der Waals surface area contributed by atoms with Crippen molar-refractivity contribution in [3.05, 3.63) is 58.0 Å². The van der Waals surface area contributed by atoms with E-state index in [0.717, 1.165) is 23.1 Å². The molecule has 2 aliphatic rings. The fraction of sp³-hybridized carbons (Fsp3) is 0.360. The molecule has 0 bridgehead atoms. The molecule has 0 radical (unpaired) electrons. The molecule has 0 saturated carbocycles. The first-order valence-corrected chi connectivity index (χ1v) is 11.3. The van der Waals surface area contributed by atoms with Crippen LogP contribution >= 0.6 is 0 Å². The summed E-state index contributed by atoms with van der Waals surface area (Å²) in [6, 6.07) is 13.2. The molecule has 1 aliphatic carbocycles. The van der Waals surface area contributed by atoms with Crippen LogP contribution in [0.25, 0.3) is 22.8 Å². The molecule has 1 fully saturated rings. The topological polar surface area (TPSA) is 122 Å². The summed E-state index contributed by atoms with van der Waals surface area (Å²) in [4.78, 5) is 29.5. The maximum absolute atomic E-state index is 12.5. The van der Waals surface area contributed by atoms with Gasteiger partial charge >= 0.3 is 0 Å². The molecule has 0 spiro atoms. The number of aromatic nitrogens is 2. The minimum Gasteiger partial charge on any atom is -0.490 e. The Morgan fingerprint density at radius 3 is 2.91 bits per heavy atom. The van der Waals surface area contributed by atoms with Crippen LogP contribution in [0.2, 0.25) is 0 Å². The molecule has 9 nitrogen and oxygen atoms in total. The molecule has 1 aliphatic heterocycles. The number of hydrogen-bond acceptors (Lipinski definition) is 8. The third-order valence-electron chi connectivity index (χ3n) is 6.35. The minimum absolute atomic E-state index is 0.0476. The van der Waals surface area contributed by atoms with Gasteiger partial charge in [-0.3, -0.25) is 4.79 Å². The Hall–Kier alpha value is -4.06. The summed E-state index contributed by atoms with van der Waals surface area (Å²) in [5.41, 5.74) is 4.05. The zero-order valence-corrected chi connectivity index (χ0v) is 18.9. The molecular weight excluding hydrogens is 434 g/mol. The second-order valence-corrected chi connectivity index (χ2v) is 8.84. The molecule has 9 heteroatoms. The predicted octanol–water partition coefficient (Wildman–Crippen LogP) is 4.27. The van der Waals surface area contributed by atoms with E-state index in [1.165, 1.54) is 0 Å². The first-order chi connectivity index (χ1) is 16.5. The standard InChI is InChI=1S/C25H23N5O4/c1-14(2)33-21-7-6-15(10-17(21)13-26)25-28-24(29-34-25)19-5-3-4-18-20(19)11-16-12-22(31)30(23(16)18)9-8-27-32/h3-7,10,14,16,23H,8-9,11-12H2,1-2H3/t16-,23?/m1/s1. The number of rotatable bonds is 7. The second kappa shape index (κ2) is 8.71. The third-order valence-corrected chi connectivity index (χ3v) is 6.35. The fourth-order valence-electron chi connectivity index (χ4n) is 5.02. The molecule has 172 valence electrons. The molecule has 2 atom stereocenters. The molecule has 2 aromatic carbocycles. The molecular formula is C25H23N5O4. The van der Waals surface area contributed by atoms with Gasteiger partial charge in [-0.25, -0.2) is 0 Å². The van der Waals surface area contributed by atoms with E-state index in [4.69, 9.17) is 9.26 Å². The largest absolute Gasteiger partial charge is 0.490 e. The molecule has 34 heavy (non-hydrogen) atoms. The van der Waals surface area contributed by atoms with Crippen molar-refractivity contribution in [2.75, 3.05) is 13.1 Å². The van der Waals surface area contributed by atoms with Gasteiger partial charge in [0.25, 0.3) is 5.89 Å². The quantitative estimate of drug-likeness (QED) is 0.486. The van der Waals surface area contributed by atoms with Gasteiger partial charge in [0.1, 0.15) is 11.8 Å². The monoisotopic (exact) mass is 457 g/mol. The zero-order chi connectivity index (χ0) is 23.8. The maximum atomic E-state index is 12.5. The number of carbonyl (C=O) groups excluding carboxylic acids is 1. The smallest absolute Gasteiger partial charge is 0.258 e. The SMILES string of the molecule is CC(C)Oc1ccc(-c2nc(-c3cccc4c3C[C@@H]3CC(=O)N(CCN=O)C43)no2)cc1C#N. The molecule has 3 aromatic rings. The van der Waals surface area contributed by atoms with Crippen molar-refractivity contribution >= 4 is 5.91 Å². The van der Waals surface area contributed by atoms with Crippen molar-refractivity contribution in [3.63, 3.8) is 0 Å². The van der Waals surface area contributed by atoms with Crippen LogP contribution in [0.4, 0.5) is 0 Å². The first kappa shape index (κ1) is 21.8. The van der Waals surface area contributed by atoms with E-state index < -0.39 is 0 Å². The molecule has 1 unspecified atom stereocenters. The van der Waals surface area contributed by atoms with Crippen molar-refractivity contribution < 1.29 is 14.1 Å². The van der Waals surface area contributed by atoms with Gasteiger partial charge in [0.05, 0.1) is 24.3 Å². The Morgan fingerprint density at radius 2 is 2.15 bits per heavy atom. The molecule has 2 heterocycles. The number of ether oxygens (including phenoxy) is 1. The highest BCUT2D eigenvalue weighted by Crippen LogP contribution is 2.49. The van der Waals surface area contributed by atoms with Crippen molar-refractivity contribution in [2.24, 2.45) is 11.1 Å². The fourth-order valence-corrected chi connectivity index (χ4v) is 5.02. The summed E-state index contributed by atoms with van der Waals surface area (Å²) >= 11 is 0. The van der Waals surface area contributed by atoms with Gasteiger partial charge in [0, 0.05) is 24.1 Å². The van der Waals surface area contributed by atoms with E-state index in [2.05, 4.69) is 21.4 Å². The van der Waals surface area contributed by atoms with E-state index in [-0.39, 0.29) is 30.5 Å². The summed E-state index contributed by atoms with van der Waals surface area (Å²) in [6.45, 7) is 4.22. The van der Waals surface area contributed by atoms with Crippen LogP contribution in [0.1, 0.15) is 43.0 Å². The van der Waals surface area contributed by atoms with Crippen LogP contribution in [0, 0.1) is 22.2 Å². The van der Waals surface area contributed by atoms with Crippen LogP contribution in [-0.4, -0.2) is 40.1 Å². The zero-order valence-electron chi connectivity index (χ0n) is 18.9. The normalized spacial score (nSPS) is 18.6. The number of fused-ring (bicyclic) bond motifs is 3. The maximum Gasteiger partial charge on any atom is 0.258 e. The Labute approximate surface area is 196 Å². The third kappa shape index (κ3) is 3.71. The summed E-state index contributed by atoms with van der Waals surface area (Å²) < 4.78 is 11.2. The molecule has 0 N–H and O–H groups in total. The van der Waals surface area contributed by atoms with Gasteiger partial charge in [0.2, 0.25) is 11.7 Å². The van der Waals surface area contributed by atoms with Crippen LogP contribution in [0.15, 0.2) is 46.1 Å². The number of amides is 1. The summed E-state index contributed by atoms with van der Waals surface area (Å²) in [5.74, 6) is 1.51. The Bertz CT molecular complexity index is 1310. The number of nitrogens with zero attached hydrogens (tertiary/aromatic N) is 5. The molecule has 1 amide bonds. The van der Waals surface area contributed by atoms with E-state index >= 15 is 0 Å². The van der Waals surface area contributed by atoms with Crippen LogP contribution < -0.4 is 4.74 Å².